The lowest BCUT2D eigenvalue weighted by atomic mass is 9.74. The van der Waals surface area contributed by atoms with Crippen molar-refractivity contribution in [3.63, 3.8) is 0 Å². The highest BCUT2D eigenvalue weighted by atomic mass is 16.3. The van der Waals surface area contributed by atoms with E-state index in [9.17, 15) is 5.11 Å². The normalized spacial score (nSPS) is 38.1. The first-order chi connectivity index (χ1) is 7.93. The number of aliphatic hydroxyl groups is 1. The Morgan fingerprint density at radius 3 is 2.71 bits per heavy atom. The number of likely N-dealkylation sites (tertiary alicyclic amines) is 1. The van der Waals surface area contributed by atoms with E-state index in [-0.39, 0.29) is 0 Å². The van der Waals surface area contributed by atoms with Gasteiger partial charge in [-0.3, -0.25) is 0 Å². The van der Waals surface area contributed by atoms with Crippen LogP contribution in [0.3, 0.4) is 0 Å². The Kier molecular flexibility index (Phi) is 3.28. The Hall–Kier alpha value is -0.860. The van der Waals surface area contributed by atoms with E-state index in [4.69, 9.17) is 0 Å². The molecule has 0 aliphatic carbocycles. The standard InChI is InChI=1S/C15H23NO/c1-11-6-5-7-14(8-11)15(17)9-13(3)16(4)10-12(15)2/h5-8,12-13,17H,9-10H2,1-4H3/p+1/t12-,13-,15-/m0/s1. The molecule has 1 aliphatic rings. The van der Waals surface area contributed by atoms with E-state index in [1.54, 1.807) is 0 Å². The third kappa shape index (κ3) is 2.24. The topological polar surface area (TPSA) is 24.7 Å². The van der Waals surface area contributed by atoms with Crippen molar-refractivity contribution in [2.24, 2.45) is 5.92 Å². The zero-order valence-electron chi connectivity index (χ0n) is 11.3. The lowest BCUT2D eigenvalue weighted by molar-refractivity contribution is -0.916. The van der Waals surface area contributed by atoms with Crippen molar-refractivity contribution in [2.75, 3.05) is 13.6 Å². The highest BCUT2D eigenvalue weighted by molar-refractivity contribution is 5.28. The van der Waals surface area contributed by atoms with Crippen LogP contribution in [0.2, 0.25) is 0 Å². The number of piperidine rings is 1. The van der Waals surface area contributed by atoms with E-state index in [2.05, 4.69) is 46.0 Å². The molecule has 0 bridgehead atoms. The summed E-state index contributed by atoms with van der Waals surface area (Å²) in [6, 6.07) is 8.84. The molecular weight excluding hydrogens is 210 g/mol. The van der Waals surface area contributed by atoms with Crippen LogP contribution in [0.1, 0.15) is 31.4 Å². The van der Waals surface area contributed by atoms with Gasteiger partial charge in [-0.15, -0.1) is 0 Å². The molecule has 1 aliphatic heterocycles. The Morgan fingerprint density at radius 2 is 2.06 bits per heavy atom. The van der Waals surface area contributed by atoms with Crippen molar-refractivity contribution in [1.29, 1.82) is 0 Å². The minimum atomic E-state index is -0.648. The molecule has 17 heavy (non-hydrogen) atoms. The number of aryl methyl sites for hydroxylation is 1. The van der Waals surface area contributed by atoms with Gasteiger partial charge in [-0.25, -0.2) is 0 Å². The first-order valence-corrected chi connectivity index (χ1v) is 6.55. The Balaban J connectivity index is 2.35. The first-order valence-electron chi connectivity index (χ1n) is 6.55. The van der Waals surface area contributed by atoms with Gasteiger partial charge in [-0.05, 0) is 19.4 Å². The molecule has 2 heteroatoms. The molecule has 1 heterocycles. The zero-order valence-corrected chi connectivity index (χ0v) is 11.3. The fraction of sp³-hybridized carbons (Fsp3) is 0.600. The van der Waals surface area contributed by atoms with Crippen molar-refractivity contribution >= 4 is 0 Å². The molecule has 1 aromatic carbocycles. The lowest BCUT2D eigenvalue weighted by Crippen LogP contribution is -3.15. The summed E-state index contributed by atoms with van der Waals surface area (Å²) in [5.41, 5.74) is 1.66. The van der Waals surface area contributed by atoms with Gasteiger partial charge in [0.05, 0.1) is 19.6 Å². The Labute approximate surface area is 104 Å². The molecule has 0 amide bonds. The van der Waals surface area contributed by atoms with Crippen LogP contribution in [0.5, 0.6) is 0 Å². The Morgan fingerprint density at radius 1 is 1.35 bits per heavy atom. The van der Waals surface area contributed by atoms with Crippen LogP contribution in [-0.2, 0) is 5.60 Å². The van der Waals surface area contributed by atoms with Gasteiger partial charge in [0.2, 0.25) is 0 Å². The van der Waals surface area contributed by atoms with Crippen LogP contribution in [-0.4, -0.2) is 24.7 Å². The fourth-order valence-electron chi connectivity index (χ4n) is 3.01. The molecule has 1 fully saturated rings. The third-order valence-corrected chi connectivity index (χ3v) is 4.42. The molecule has 0 spiro atoms. The summed E-state index contributed by atoms with van der Waals surface area (Å²) in [5, 5.41) is 11.0. The van der Waals surface area contributed by atoms with E-state index in [0.29, 0.717) is 12.0 Å². The molecule has 2 N–H and O–H groups in total. The van der Waals surface area contributed by atoms with Crippen molar-refractivity contribution in [3.8, 4) is 0 Å². The van der Waals surface area contributed by atoms with Gasteiger partial charge in [-0.1, -0.05) is 36.8 Å². The van der Waals surface area contributed by atoms with Gasteiger partial charge in [-0.2, -0.15) is 0 Å². The van der Waals surface area contributed by atoms with Gasteiger partial charge in [0.1, 0.15) is 5.60 Å². The summed E-state index contributed by atoms with van der Waals surface area (Å²) < 4.78 is 0. The molecule has 2 nitrogen and oxygen atoms in total. The second kappa shape index (κ2) is 4.43. The highest BCUT2D eigenvalue weighted by Gasteiger charge is 2.44. The van der Waals surface area contributed by atoms with E-state index in [1.165, 1.54) is 10.5 Å². The van der Waals surface area contributed by atoms with Crippen molar-refractivity contribution in [3.05, 3.63) is 35.4 Å². The van der Waals surface area contributed by atoms with E-state index < -0.39 is 5.60 Å². The fourth-order valence-corrected chi connectivity index (χ4v) is 3.01. The minimum absolute atomic E-state index is 0.306. The molecule has 2 rings (SSSR count). The van der Waals surface area contributed by atoms with E-state index in [1.807, 2.05) is 6.07 Å². The average molecular weight is 234 g/mol. The monoisotopic (exact) mass is 234 g/mol. The van der Waals surface area contributed by atoms with Gasteiger partial charge < -0.3 is 10.0 Å². The van der Waals surface area contributed by atoms with Crippen molar-refractivity contribution < 1.29 is 10.0 Å². The number of quaternary nitrogens is 1. The molecule has 1 unspecified atom stereocenters. The van der Waals surface area contributed by atoms with Crippen LogP contribution < -0.4 is 4.90 Å². The zero-order chi connectivity index (χ0) is 12.6. The van der Waals surface area contributed by atoms with Gasteiger partial charge in [0, 0.05) is 12.3 Å². The summed E-state index contributed by atoms with van der Waals surface area (Å²) in [5.74, 6) is 0.306. The van der Waals surface area contributed by atoms with Gasteiger partial charge in [0.15, 0.2) is 0 Å². The maximum absolute atomic E-state index is 11.0. The molecule has 1 aromatic rings. The van der Waals surface area contributed by atoms with Crippen LogP contribution in [0.4, 0.5) is 0 Å². The Bertz CT molecular complexity index is 404. The predicted octanol–water partition coefficient (Wildman–Crippen LogP) is 1.13. The number of rotatable bonds is 1. The van der Waals surface area contributed by atoms with Crippen LogP contribution in [0.15, 0.2) is 24.3 Å². The number of hydrogen-bond acceptors (Lipinski definition) is 1. The largest absolute Gasteiger partial charge is 0.384 e. The highest BCUT2D eigenvalue weighted by Crippen LogP contribution is 2.35. The molecule has 0 aromatic heterocycles. The van der Waals surface area contributed by atoms with Crippen molar-refractivity contribution in [2.45, 2.75) is 38.8 Å². The smallest absolute Gasteiger partial charge is 0.103 e. The average Bonchev–Trinajstić information content (AvgIpc) is 2.26. The third-order valence-electron chi connectivity index (χ3n) is 4.42. The quantitative estimate of drug-likeness (QED) is 0.748. The summed E-state index contributed by atoms with van der Waals surface area (Å²) >= 11 is 0. The van der Waals surface area contributed by atoms with Crippen LogP contribution >= 0.6 is 0 Å². The summed E-state index contributed by atoms with van der Waals surface area (Å²) in [4.78, 5) is 1.52. The summed E-state index contributed by atoms with van der Waals surface area (Å²) in [6.07, 6.45) is 0.851. The summed E-state index contributed by atoms with van der Waals surface area (Å²) in [6.45, 7) is 7.51. The van der Waals surface area contributed by atoms with E-state index in [0.717, 1.165) is 18.5 Å². The maximum atomic E-state index is 11.0. The molecule has 94 valence electrons. The van der Waals surface area contributed by atoms with E-state index >= 15 is 0 Å². The van der Waals surface area contributed by atoms with Gasteiger partial charge >= 0.3 is 0 Å². The molecule has 4 atom stereocenters. The SMILES string of the molecule is Cc1cccc([C@]2(O)C[C@H](C)[NH+](C)C[C@@H]2C)c1. The van der Waals surface area contributed by atoms with Crippen LogP contribution in [0.25, 0.3) is 0 Å². The summed E-state index contributed by atoms with van der Waals surface area (Å²) in [7, 11) is 2.22. The molecule has 0 saturated carbocycles. The minimum Gasteiger partial charge on any atom is -0.384 e. The van der Waals surface area contributed by atoms with Gasteiger partial charge in [0.25, 0.3) is 0 Å². The second-order valence-corrected chi connectivity index (χ2v) is 5.85. The lowest BCUT2D eigenvalue weighted by Gasteiger charge is -2.43. The van der Waals surface area contributed by atoms with Crippen LogP contribution in [0, 0.1) is 12.8 Å². The number of benzene rings is 1. The molecule has 1 saturated heterocycles. The molecular formula is C15H24NO+. The van der Waals surface area contributed by atoms with Crippen molar-refractivity contribution in [1.82, 2.24) is 0 Å². The molecule has 0 radical (unpaired) electrons. The number of hydrogen-bond donors (Lipinski definition) is 2. The maximum Gasteiger partial charge on any atom is 0.103 e. The second-order valence-electron chi connectivity index (χ2n) is 5.85. The number of nitrogens with one attached hydrogen (secondary N) is 1. The predicted molar refractivity (Wildman–Crippen MR) is 70.1 cm³/mol. The first kappa shape index (κ1) is 12.6.